The van der Waals surface area contributed by atoms with Crippen molar-refractivity contribution in [1.82, 2.24) is 9.38 Å². The number of benzene rings is 8. The summed E-state index contributed by atoms with van der Waals surface area (Å²) in [5.41, 5.74) is 9.33. The number of nitrogens with zero attached hydrogens (tertiary/aromatic N) is 2. The van der Waals surface area contributed by atoms with Gasteiger partial charge < -0.3 is 0 Å². The molecule has 2 heterocycles. The maximum Gasteiger partial charge on any atom is 0.146 e. The summed E-state index contributed by atoms with van der Waals surface area (Å²) in [7, 11) is 0. The van der Waals surface area contributed by atoms with E-state index in [2.05, 4.69) is 162 Å². The van der Waals surface area contributed by atoms with E-state index in [-0.39, 0.29) is 0 Å². The number of fused-ring (bicyclic) bond motifs is 11. The van der Waals surface area contributed by atoms with Crippen LogP contribution < -0.4 is 0 Å². The monoisotopic (exact) mass is 570 g/mol. The predicted molar refractivity (Wildman–Crippen MR) is 191 cm³/mol. The fraction of sp³-hybridized carbons (Fsp3) is 0. The van der Waals surface area contributed by atoms with Crippen molar-refractivity contribution in [3.63, 3.8) is 0 Å². The molecule has 0 aliphatic carbocycles. The van der Waals surface area contributed by atoms with Gasteiger partial charge in [0.2, 0.25) is 0 Å². The highest BCUT2D eigenvalue weighted by Gasteiger charge is 2.19. The van der Waals surface area contributed by atoms with Crippen LogP contribution >= 0.6 is 0 Å². The van der Waals surface area contributed by atoms with Crippen LogP contribution in [0, 0.1) is 0 Å². The van der Waals surface area contributed by atoms with Crippen LogP contribution in [0.2, 0.25) is 0 Å². The molecule has 0 bridgehead atoms. The minimum atomic E-state index is 0.998. The Morgan fingerprint density at radius 2 is 0.889 bits per heavy atom. The Labute approximate surface area is 259 Å². The maximum atomic E-state index is 5.13. The van der Waals surface area contributed by atoms with Crippen molar-refractivity contribution in [3.8, 4) is 22.3 Å². The Balaban J connectivity index is 1.32. The first-order chi connectivity index (χ1) is 22.3. The third-order valence-corrected chi connectivity index (χ3v) is 9.51. The number of para-hydroxylation sites is 3. The number of rotatable bonds is 2. The van der Waals surface area contributed by atoms with Crippen molar-refractivity contribution in [1.29, 1.82) is 0 Å². The molecule has 2 nitrogen and oxygen atoms in total. The molecule has 45 heavy (non-hydrogen) atoms. The second kappa shape index (κ2) is 9.25. The summed E-state index contributed by atoms with van der Waals surface area (Å²) in [5, 5.41) is 11.2. The molecule has 2 heteroatoms. The van der Waals surface area contributed by atoms with Crippen molar-refractivity contribution in [2.24, 2.45) is 0 Å². The van der Waals surface area contributed by atoms with Crippen LogP contribution in [0.5, 0.6) is 0 Å². The molecule has 0 N–H and O–H groups in total. The van der Waals surface area contributed by atoms with E-state index in [0.717, 1.165) is 22.1 Å². The highest BCUT2D eigenvalue weighted by molar-refractivity contribution is 6.23. The molecule has 0 unspecified atom stereocenters. The Morgan fingerprint density at radius 1 is 0.356 bits per heavy atom. The Bertz CT molecular complexity index is 2760. The SMILES string of the molecule is c1ccc2cc(-c3c4ccccc4c(-c4ccc5c(c4)c4ccccc4n4c6ccccc6nc54)c4ccccc34)ccc2c1. The summed E-state index contributed by atoms with van der Waals surface area (Å²) in [6.07, 6.45) is 0. The summed E-state index contributed by atoms with van der Waals surface area (Å²) in [6, 6.07) is 57.4. The van der Waals surface area contributed by atoms with Crippen LogP contribution in [0.15, 0.2) is 158 Å². The van der Waals surface area contributed by atoms with Crippen LogP contribution in [0.4, 0.5) is 0 Å². The van der Waals surface area contributed by atoms with Gasteiger partial charge in [0.15, 0.2) is 0 Å². The second-order valence-corrected chi connectivity index (χ2v) is 11.9. The third kappa shape index (κ3) is 3.48. The first-order valence-electron chi connectivity index (χ1n) is 15.5. The lowest BCUT2D eigenvalue weighted by atomic mass is 9.85. The van der Waals surface area contributed by atoms with E-state index in [1.165, 1.54) is 70.9 Å². The van der Waals surface area contributed by atoms with E-state index in [9.17, 15) is 0 Å². The molecule has 0 saturated heterocycles. The van der Waals surface area contributed by atoms with E-state index in [4.69, 9.17) is 4.98 Å². The minimum Gasteiger partial charge on any atom is -0.292 e. The highest BCUT2D eigenvalue weighted by Crippen LogP contribution is 2.45. The largest absolute Gasteiger partial charge is 0.292 e. The van der Waals surface area contributed by atoms with Crippen molar-refractivity contribution in [2.75, 3.05) is 0 Å². The Kier molecular flexibility index (Phi) is 5.03. The van der Waals surface area contributed by atoms with Gasteiger partial charge in [-0.3, -0.25) is 4.40 Å². The van der Waals surface area contributed by atoms with Gasteiger partial charge in [-0.15, -0.1) is 0 Å². The smallest absolute Gasteiger partial charge is 0.146 e. The van der Waals surface area contributed by atoms with Crippen molar-refractivity contribution >= 4 is 70.7 Å². The standard InChI is InChI=1S/C43H26N2/c1-2-12-28-25-29(22-21-27(28)11-1)41-32-14-3-5-16-34(32)42(35-17-6-4-15-33(35)41)30-23-24-36-37(26-30)31-13-7-9-19-39(31)45-40-20-10-8-18-38(40)44-43(36)45/h1-26H. The number of hydrogen-bond donors (Lipinski definition) is 0. The van der Waals surface area contributed by atoms with Gasteiger partial charge in [0.25, 0.3) is 0 Å². The number of aromatic nitrogens is 2. The molecule has 0 saturated carbocycles. The van der Waals surface area contributed by atoms with Gasteiger partial charge >= 0.3 is 0 Å². The quantitative estimate of drug-likeness (QED) is 0.149. The molecular weight excluding hydrogens is 544 g/mol. The summed E-state index contributed by atoms with van der Waals surface area (Å²) in [5.74, 6) is 0. The van der Waals surface area contributed by atoms with Crippen molar-refractivity contribution in [3.05, 3.63) is 158 Å². The third-order valence-electron chi connectivity index (χ3n) is 9.51. The Hall–Kier alpha value is -5.99. The van der Waals surface area contributed by atoms with E-state index < -0.39 is 0 Å². The number of hydrogen-bond acceptors (Lipinski definition) is 1. The van der Waals surface area contributed by atoms with Gasteiger partial charge in [-0.1, -0.05) is 121 Å². The molecule has 10 aromatic rings. The molecule has 0 fully saturated rings. The van der Waals surface area contributed by atoms with Gasteiger partial charge in [-0.05, 0) is 96.4 Å². The molecule has 0 aliphatic heterocycles. The van der Waals surface area contributed by atoms with E-state index >= 15 is 0 Å². The minimum absolute atomic E-state index is 0.998. The zero-order valence-electron chi connectivity index (χ0n) is 24.4. The summed E-state index contributed by atoms with van der Waals surface area (Å²) < 4.78 is 2.32. The molecule has 0 radical (unpaired) electrons. The van der Waals surface area contributed by atoms with Crippen LogP contribution in [0.3, 0.4) is 0 Å². The van der Waals surface area contributed by atoms with Crippen LogP contribution in [-0.4, -0.2) is 9.38 Å². The molecule has 0 amide bonds. The molecular formula is C43H26N2. The fourth-order valence-corrected chi connectivity index (χ4v) is 7.56. The predicted octanol–water partition coefficient (Wildman–Crippen LogP) is 11.6. The van der Waals surface area contributed by atoms with E-state index in [1.807, 2.05) is 0 Å². The molecule has 208 valence electrons. The van der Waals surface area contributed by atoms with Gasteiger partial charge in [0.05, 0.1) is 16.6 Å². The van der Waals surface area contributed by atoms with Gasteiger partial charge in [-0.2, -0.15) is 0 Å². The molecule has 0 atom stereocenters. The van der Waals surface area contributed by atoms with Crippen molar-refractivity contribution < 1.29 is 0 Å². The average Bonchev–Trinajstić information content (AvgIpc) is 3.50. The lowest BCUT2D eigenvalue weighted by molar-refractivity contribution is 1.31. The lowest BCUT2D eigenvalue weighted by Crippen LogP contribution is -1.93. The van der Waals surface area contributed by atoms with Crippen molar-refractivity contribution in [2.45, 2.75) is 0 Å². The van der Waals surface area contributed by atoms with Gasteiger partial charge in [0.1, 0.15) is 5.65 Å². The molecule has 10 rings (SSSR count). The highest BCUT2D eigenvalue weighted by atomic mass is 15.0. The fourth-order valence-electron chi connectivity index (χ4n) is 7.56. The molecule has 2 aromatic heterocycles. The Morgan fingerprint density at radius 3 is 1.60 bits per heavy atom. The molecule has 0 aliphatic rings. The second-order valence-electron chi connectivity index (χ2n) is 11.9. The normalized spacial score (nSPS) is 12.0. The van der Waals surface area contributed by atoms with Crippen LogP contribution in [0.1, 0.15) is 0 Å². The maximum absolute atomic E-state index is 5.13. The molecule has 0 spiro atoms. The number of imidazole rings is 1. The zero-order valence-corrected chi connectivity index (χ0v) is 24.4. The summed E-state index contributed by atoms with van der Waals surface area (Å²) >= 11 is 0. The van der Waals surface area contributed by atoms with Crippen LogP contribution in [-0.2, 0) is 0 Å². The molecule has 8 aromatic carbocycles. The van der Waals surface area contributed by atoms with Gasteiger partial charge in [0, 0.05) is 10.8 Å². The van der Waals surface area contributed by atoms with Gasteiger partial charge in [-0.25, -0.2) is 4.98 Å². The average molecular weight is 571 g/mol. The summed E-state index contributed by atoms with van der Waals surface area (Å²) in [6.45, 7) is 0. The number of pyridine rings is 1. The first-order valence-corrected chi connectivity index (χ1v) is 15.5. The van der Waals surface area contributed by atoms with E-state index in [1.54, 1.807) is 0 Å². The van der Waals surface area contributed by atoms with Crippen LogP contribution in [0.25, 0.3) is 92.9 Å². The topological polar surface area (TPSA) is 17.3 Å². The van der Waals surface area contributed by atoms with E-state index in [0.29, 0.717) is 0 Å². The zero-order chi connectivity index (χ0) is 29.5. The first kappa shape index (κ1) is 24.5. The summed E-state index contributed by atoms with van der Waals surface area (Å²) in [4.78, 5) is 5.13. The lowest BCUT2D eigenvalue weighted by Gasteiger charge is -2.18.